The quantitative estimate of drug-likeness (QED) is 0.305. The predicted octanol–water partition coefficient (Wildman–Crippen LogP) is 4.30. The number of thiocyanates is 1. The Kier molecular flexibility index (Phi) is 12.0. The molecular formula is C13H27NO2SSi. The van der Waals surface area contributed by atoms with Crippen LogP contribution in [0.5, 0.6) is 0 Å². The van der Waals surface area contributed by atoms with E-state index in [1.54, 1.807) is 0 Å². The summed E-state index contributed by atoms with van der Waals surface area (Å²) in [5.41, 5.74) is 0. The van der Waals surface area contributed by atoms with Crippen molar-refractivity contribution in [1.82, 2.24) is 0 Å². The Hall–Kier alpha value is -0.0231. The summed E-state index contributed by atoms with van der Waals surface area (Å²) in [6.45, 7) is 7.76. The van der Waals surface area contributed by atoms with Crippen LogP contribution in [0.4, 0.5) is 0 Å². The summed E-state index contributed by atoms with van der Waals surface area (Å²) >= 11 is 1.36. The molecule has 5 heteroatoms. The number of nitriles is 1. The van der Waals surface area contributed by atoms with Gasteiger partial charge in [0.25, 0.3) is 0 Å². The highest BCUT2D eigenvalue weighted by molar-refractivity contribution is 8.03. The fraction of sp³-hybridized carbons (Fsp3) is 0.923. The SMILES string of the molecule is CCO[Si](C)(CCCCCCCSC#N)OCC. The highest BCUT2D eigenvalue weighted by Crippen LogP contribution is 2.18. The first-order chi connectivity index (χ1) is 8.68. The zero-order valence-corrected chi connectivity index (χ0v) is 13.9. The summed E-state index contributed by atoms with van der Waals surface area (Å²) in [6.07, 6.45) is 6.10. The van der Waals surface area contributed by atoms with Crippen LogP contribution in [0.2, 0.25) is 12.6 Å². The maximum absolute atomic E-state index is 8.39. The molecule has 0 N–H and O–H groups in total. The summed E-state index contributed by atoms with van der Waals surface area (Å²) in [4.78, 5) is 0. The van der Waals surface area contributed by atoms with Crippen molar-refractivity contribution in [3.05, 3.63) is 0 Å². The van der Waals surface area contributed by atoms with E-state index in [0.717, 1.165) is 31.4 Å². The minimum absolute atomic E-state index is 0.758. The molecule has 0 aliphatic carbocycles. The van der Waals surface area contributed by atoms with Gasteiger partial charge in [0, 0.05) is 19.0 Å². The molecule has 0 fully saturated rings. The average Bonchev–Trinajstić information content (AvgIpc) is 2.33. The second kappa shape index (κ2) is 12.0. The largest absolute Gasteiger partial charge is 0.395 e. The fourth-order valence-corrected chi connectivity index (χ4v) is 4.92. The molecule has 0 amide bonds. The zero-order valence-electron chi connectivity index (χ0n) is 12.0. The van der Waals surface area contributed by atoms with E-state index < -0.39 is 8.56 Å². The average molecular weight is 290 g/mol. The number of nitrogens with zero attached hydrogens (tertiary/aromatic N) is 1. The normalized spacial score (nSPS) is 11.4. The van der Waals surface area contributed by atoms with Gasteiger partial charge in [0.1, 0.15) is 5.40 Å². The summed E-state index contributed by atoms with van der Waals surface area (Å²) in [5.74, 6) is 0.973. The number of rotatable bonds is 12. The first-order valence-electron chi connectivity index (χ1n) is 6.97. The molecule has 0 saturated carbocycles. The molecule has 18 heavy (non-hydrogen) atoms. The Bertz CT molecular complexity index is 228. The smallest absolute Gasteiger partial charge is 0.334 e. The lowest BCUT2D eigenvalue weighted by Crippen LogP contribution is -2.38. The van der Waals surface area contributed by atoms with Crippen molar-refractivity contribution >= 4 is 20.3 Å². The molecule has 0 bridgehead atoms. The standard InChI is InChI=1S/C13H27NO2SSi/c1-4-15-18(3,16-5-2)12-10-8-6-7-9-11-17-13-14/h4-12H2,1-3H3. The van der Waals surface area contributed by atoms with Gasteiger partial charge in [-0.15, -0.1) is 0 Å². The topological polar surface area (TPSA) is 42.2 Å². The highest BCUT2D eigenvalue weighted by atomic mass is 32.2. The number of thioether (sulfide) groups is 1. The molecule has 0 aromatic carbocycles. The van der Waals surface area contributed by atoms with E-state index in [0.29, 0.717) is 0 Å². The monoisotopic (exact) mass is 289 g/mol. The van der Waals surface area contributed by atoms with Crippen LogP contribution in [-0.2, 0) is 8.85 Å². The van der Waals surface area contributed by atoms with Crippen molar-refractivity contribution in [2.24, 2.45) is 0 Å². The van der Waals surface area contributed by atoms with Crippen LogP contribution in [0.3, 0.4) is 0 Å². The van der Waals surface area contributed by atoms with Crippen LogP contribution in [0.25, 0.3) is 0 Å². The predicted molar refractivity (Wildman–Crippen MR) is 80.8 cm³/mol. The van der Waals surface area contributed by atoms with Crippen molar-refractivity contribution in [2.45, 2.75) is 58.5 Å². The summed E-state index contributed by atoms with van der Waals surface area (Å²) in [6, 6.07) is 1.10. The second-order valence-corrected chi connectivity index (χ2v) is 8.68. The van der Waals surface area contributed by atoms with E-state index in [9.17, 15) is 0 Å². The molecule has 0 aliphatic rings. The van der Waals surface area contributed by atoms with Crippen LogP contribution < -0.4 is 0 Å². The lowest BCUT2D eigenvalue weighted by Gasteiger charge is -2.25. The molecule has 0 radical (unpaired) electrons. The van der Waals surface area contributed by atoms with Crippen molar-refractivity contribution in [3.8, 4) is 5.40 Å². The Balaban J connectivity index is 3.52. The Morgan fingerprint density at radius 1 is 1.00 bits per heavy atom. The van der Waals surface area contributed by atoms with Gasteiger partial charge < -0.3 is 8.85 Å². The van der Waals surface area contributed by atoms with E-state index >= 15 is 0 Å². The highest BCUT2D eigenvalue weighted by Gasteiger charge is 2.29. The molecule has 106 valence electrons. The van der Waals surface area contributed by atoms with Crippen LogP contribution in [0.15, 0.2) is 0 Å². The lowest BCUT2D eigenvalue weighted by atomic mass is 10.2. The van der Waals surface area contributed by atoms with E-state index in [1.165, 1.54) is 37.4 Å². The Morgan fingerprint density at radius 2 is 1.56 bits per heavy atom. The molecule has 0 unspecified atom stereocenters. The van der Waals surface area contributed by atoms with Gasteiger partial charge in [-0.1, -0.05) is 25.7 Å². The number of hydrogen-bond acceptors (Lipinski definition) is 4. The number of hydrogen-bond donors (Lipinski definition) is 0. The third-order valence-corrected chi connectivity index (χ3v) is 6.52. The van der Waals surface area contributed by atoms with Crippen LogP contribution in [0.1, 0.15) is 46.0 Å². The fourth-order valence-electron chi connectivity index (χ4n) is 1.99. The van der Waals surface area contributed by atoms with Gasteiger partial charge in [0.2, 0.25) is 0 Å². The van der Waals surface area contributed by atoms with Gasteiger partial charge in [-0.2, -0.15) is 5.26 Å². The summed E-state index contributed by atoms with van der Waals surface area (Å²) in [7, 11) is -1.88. The second-order valence-electron chi connectivity index (χ2n) is 4.46. The van der Waals surface area contributed by atoms with Crippen molar-refractivity contribution < 1.29 is 8.85 Å². The zero-order chi connectivity index (χ0) is 13.7. The van der Waals surface area contributed by atoms with E-state index in [-0.39, 0.29) is 0 Å². The molecule has 0 heterocycles. The van der Waals surface area contributed by atoms with Crippen molar-refractivity contribution in [1.29, 1.82) is 5.26 Å². The first-order valence-corrected chi connectivity index (χ1v) is 10.5. The molecule has 0 aromatic heterocycles. The molecule has 0 saturated heterocycles. The van der Waals surface area contributed by atoms with E-state index in [2.05, 4.69) is 11.9 Å². The Labute approximate surface area is 117 Å². The maximum Gasteiger partial charge on any atom is 0.334 e. The van der Waals surface area contributed by atoms with Gasteiger partial charge in [-0.25, -0.2) is 0 Å². The van der Waals surface area contributed by atoms with Gasteiger partial charge in [-0.05, 0) is 44.6 Å². The van der Waals surface area contributed by atoms with Crippen molar-refractivity contribution in [3.63, 3.8) is 0 Å². The summed E-state index contributed by atoms with van der Waals surface area (Å²) in [5, 5.41) is 10.5. The van der Waals surface area contributed by atoms with Gasteiger partial charge in [0.15, 0.2) is 0 Å². The molecule has 0 atom stereocenters. The molecular weight excluding hydrogens is 262 g/mol. The molecule has 0 spiro atoms. The van der Waals surface area contributed by atoms with Gasteiger partial charge >= 0.3 is 8.56 Å². The van der Waals surface area contributed by atoms with Crippen LogP contribution in [0, 0.1) is 10.7 Å². The van der Waals surface area contributed by atoms with Gasteiger partial charge in [0.05, 0.1) is 0 Å². The third-order valence-electron chi connectivity index (χ3n) is 2.84. The van der Waals surface area contributed by atoms with Crippen LogP contribution in [-0.4, -0.2) is 27.5 Å². The van der Waals surface area contributed by atoms with Gasteiger partial charge in [-0.3, -0.25) is 0 Å². The maximum atomic E-state index is 8.39. The molecule has 3 nitrogen and oxygen atoms in total. The third kappa shape index (κ3) is 9.95. The first kappa shape index (κ1) is 18.0. The van der Waals surface area contributed by atoms with Crippen molar-refractivity contribution in [2.75, 3.05) is 19.0 Å². The summed E-state index contributed by atoms with van der Waals surface area (Å²) < 4.78 is 11.6. The minimum atomic E-state index is -1.88. The van der Waals surface area contributed by atoms with Crippen LogP contribution >= 0.6 is 11.8 Å². The number of unbranched alkanes of at least 4 members (excludes halogenated alkanes) is 4. The minimum Gasteiger partial charge on any atom is -0.395 e. The van der Waals surface area contributed by atoms with E-state index in [1.807, 2.05) is 13.8 Å². The molecule has 0 aromatic rings. The molecule has 0 rings (SSSR count). The Morgan fingerprint density at radius 3 is 2.11 bits per heavy atom. The van der Waals surface area contributed by atoms with E-state index in [4.69, 9.17) is 14.1 Å². The molecule has 0 aliphatic heterocycles. The lowest BCUT2D eigenvalue weighted by molar-refractivity contribution is 0.188.